The van der Waals surface area contributed by atoms with Crippen molar-refractivity contribution >= 4 is 11.9 Å². The Hall–Kier alpha value is -1.18. The van der Waals surface area contributed by atoms with E-state index in [9.17, 15) is 9.59 Å². The number of nitrogens with two attached hydrogens (primary N) is 2. The molecular weight excluding hydrogens is 154 g/mol. The zero-order valence-electron chi connectivity index (χ0n) is 5.70. The molecule has 0 aliphatic rings. The molecule has 0 heterocycles. The van der Waals surface area contributed by atoms with E-state index in [0.717, 1.165) is 0 Å². The van der Waals surface area contributed by atoms with E-state index in [0.29, 0.717) is 0 Å². The van der Waals surface area contributed by atoms with Gasteiger partial charge in [0.05, 0.1) is 13.1 Å². The largest absolute Gasteiger partial charge is 0.342 e. The highest BCUT2D eigenvalue weighted by Crippen LogP contribution is 1.71. The number of hydrogen-bond acceptors (Lipinski definition) is 7. The SMILES string of the molecule is NCC(=O)ONOC(=O)CN. The van der Waals surface area contributed by atoms with Crippen LogP contribution < -0.4 is 17.1 Å². The van der Waals surface area contributed by atoms with Gasteiger partial charge in [0.25, 0.3) is 0 Å². The highest BCUT2D eigenvalue weighted by atomic mass is 16.9. The van der Waals surface area contributed by atoms with E-state index in [1.54, 1.807) is 5.64 Å². The van der Waals surface area contributed by atoms with Crippen LogP contribution in [0.15, 0.2) is 0 Å². The quantitative estimate of drug-likeness (QED) is 0.389. The Balaban J connectivity index is 3.27. The average molecular weight is 163 g/mol. The van der Waals surface area contributed by atoms with Gasteiger partial charge in [0, 0.05) is 5.64 Å². The summed E-state index contributed by atoms with van der Waals surface area (Å²) >= 11 is 0. The van der Waals surface area contributed by atoms with Gasteiger partial charge in [-0.15, -0.1) is 0 Å². The first-order valence-electron chi connectivity index (χ1n) is 2.75. The Morgan fingerprint density at radius 1 is 1.09 bits per heavy atom. The summed E-state index contributed by atoms with van der Waals surface area (Å²) < 4.78 is 0. The Morgan fingerprint density at radius 3 is 1.73 bits per heavy atom. The summed E-state index contributed by atoms with van der Waals surface area (Å²) in [7, 11) is 0. The third kappa shape index (κ3) is 5.27. The minimum absolute atomic E-state index is 0.298. The minimum Gasteiger partial charge on any atom is -0.334 e. The molecule has 11 heavy (non-hydrogen) atoms. The van der Waals surface area contributed by atoms with Crippen LogP contribution >= 0.6 is 0 Å². The Labute approximate surface area is 62.5 Å². The molecule has 0 bridgehead atoms. The first-order chi connectivity index (χ1) is 5.20. The van der Waals surface area contributed by atoms with Gasteiger partial charge in [0.15, 0.2) is 0 Å². The van der Waals surface area contributed by atoms with Crippen molar-refractivity contribution in [3.05, 3.63) is 0 Å². The van der Waals surface area contributed by atoms with Crippen molar-refractivity contribution in [2.75, 3.05) is 13.1 Å². The summed E-state index contributed by atoms with van der Waals surface area (Å²) in [6, 6.07) is 0. The molecule has 64 valence electrons. The zero-order valence-corrected chi connectivity index (χ0v) is 5.70. The third-order valence-electron chi connectivity index (χ3n) is 0.644. The summed E-state index contributed by atoms with van der Waals surface area (Å²) in [6.07, 6.45) is 0. The van der Waals surface area contributed by atoms with Crippen LogP contribution in [0, 0.1) is 0 Å². The van der Waals surface area contributed by atoms with Gasteiger partial charge in [-0.25, -0.2) is 9.59 Å². The highest BCUT2D eigenvalue weighted by Gasteiger charge is 2.01. The topological polar surface area (TPSA) is 117 Å². The zero-order chi connectivity index (χ0) is 8.69. The average Bonchev–Trinajstić information content (AvgIpc) is 2.04. The van der Waals surface area contributed by atoms with Crippen LogP contribution in [0.5, 0.6) is 0 Å². The van der Waals surface area contributed by atoms with Gasteiger partial charge in [-0.1, -0.05) is 0 Å². The monoisotopic (exact) mass is 163 g/mol. The molecule has 5 N–H and O–H groups in total. The molecular formula is C4H9N3O4. The summed E-state index contributed by atoms with van der Waals surface area (Å²) in [6.45, 7) is -0.597. The van der Waals surface area contributed by atoms with Crippen LogP contribution in [-0.4, -0.2) is 25.0 Å². The summed E-state index contributed by atoms with van der Waals surface area (Å²) in [5, 5.41) is 0. The molecule has 0 aromatic carbocycles. The molecule has 0 aromatic heterocycles. The van der Waals surface area contributed by atoms with Crippen molar-refractivity contribution < 1.29 is 19.3 Å². The highest BCUT2D eigenvalue weighted by molar-refractivity contribution is 5.72. The fourth-order valence-corrected chi connectivity index (χ4v) is 0.197. The molecule has 0 unspecified atom stereocenters. The first kappa shape index (κ1) is 9.82. The molecule has 0 fully saturated rings. The number of carbonyl (C=O) groups is 2. The maximum Gasteiger partial charge on any atom is 0.342 e. The van der Waals surface area contributed by atoms with Crippen molar-refractivity contribution in [2.45, 2.75) is 0 Å². The van der Waals surface area contributed by atoms with Gasteiger partial charge < -0.3 is 21.1 Å². The van der Waals surface area contributed by atoms with Gasteiger partial charge in [-0.3, -0.25) is 0 Å². The normalized spacial score (nSPS) is 8.91. The van der Waals surface area contributed by atoms with E-state index >= 15 is 0 Å². The number of rotatable bonds is 4. The van der Waals surface area contributed by atoms with Crippen molar-refractivity contribution in [3.8, 4) is 0 Å². The number of hydrogen-bond donors (Lipinski definition) is 3. The van der Waals surface area contributed by atoms with Crippen LogP contribution in [0.4, 0.5) is 0 Å². The van der Waals surface area contributed by atoms with E-state index in [-0.39, 0.29) is 13.1 Å². The van der Waals surface area contributed by atoms with Crippen molar-refractivity contribution in [1.82, 2.24) is 5.64 Å². The fraction of sp³-hybridized carbons (Fsp3) is 0.500. The number of nitrogens with one attached hydrogen (secondary N) is 1. The van der Waals surface area contributed by atoms with Crippen LogP contribution in [0.3, 0.4) is 0 Å². The maximum absolute atomic E-state index is 10.2. The van der Waals surface area contributed by atoms with Crippen molar-refractivity contribution in [2.24, 2.45) is 11.5 Å². The lowest BCUT2D eigenvalue weighted by atomic mass is 10.7. The maximum atomic E-state index is 10.2. The van der Waals surface area contributed by atoms with E-state index < -0.39 is 11.9 Å². The molecule has 0 saturated heterocycles. The minimum atomic E-state index is -0.741. The van der Waals surface area contributed by atoms with Gasteiger partial charge >= 0.3 is 11.9 Å². The van der Waals surface area contributed by atoms with E-state index in [1.807, 2.05) is 0 Å². The second kappa shape index (κ2) is 5.59. The van der Waals surface area contributed by atoms with Crippen molar-refractivity contribution in [3.63, 3.8) is 0 Å². The van der Waals surface area contributed by atoms with Crippen LogP contribution in [0.25, 0.3) is 0 Å². The van der Waals surface area contributed by atoms with Gasteiger partial charge in [-0.05, 0) is 0 Å². The van der Waals surface area contributed by atoms with Gasteiger partial charge in [-0.2, -0.15) is 0 Å². The molecule has 0 radical (unpaired) electrons. The van der Waals surface area contributed by atoms with Crippen LogP contribution in [0.2, 0.25) is 0 Å². The first-order valence-corrected chi connectivity index (χ1v) is 2.75. The molecule has 0 aliphatic heterocycles. The lowest BCUT2D eigenvalue weighted by Crippen LogP contribution is -2.30. The van der Waals surface area contributed by atoms with Crippen molar-refractivity contribution in [1.29, 1.82) is 0 Å². The third-order valence-corrected chi connectivity index (χ3v) is 0.644. The molecule has 0 spiro atoms. The van der Waals surface area contributed by atoms with Gasteiger partial charge in [0.2, 0.25) is 0 Å². The summed E-state index contributed by atoms with van der Waals surface area (Å²) in [4.78, 5) is 28.6. The molecule has 0 amide bonds. The predicted octanol–water partition coefficient (Wildman–Crippen LogP) is -2.59. The summed E-state index contributed by atoms with van der Waals surface area (Å²) in [5.74, 6) is -1.48. The molecule has 0 aromatic rings. The predicted molar refractivity (Wildman–Crippen MR) is 33.4 cm³/mol. The van der Waals surface area contributed by atoms with Crippen LogP contribution in [-0.2, 0) is 19.3 Å². The van der Waals surface area contributed by atoms with Crippen LogP contribution in [0.1, 0.15) is 0 Å². The molecule has 7 heteroatoms. The fourth-order valence-electron chi connectivity index (χ4n) is 0.197. The lowest BCUT2D eigenvalue weighted by molar-refractivity contribution is -0.196. The molecule has 0 aliphatic carbocycles. The van der Waals surface area contributed by atoms with E-state index in [2.05, 4.69) is 9.68 Å². The number of carbonyl (C=O) groups excluding carboxylic acids is 2. The second-order valence-electron chi connectivity index (χ2n) is 1.44. The summed E-state index contributed by atoms with van der Waals surface area (Å²) in [5.41, 5.74) is 11.3. The van der Waals surface area contributed by atoms with E-state index in [4.69, 9.17) is 11.5 Å². The molecule has 0 saturated carbocycles. The molecule has 0 rings (SSSR count). The smallest absolute Gasteiger partial charge is 0.334 e. The second-order valence-corrected chi connectivity index (χ2v) is 1.44. The van der Waals surface area contributed by atoms with Gasteiger partial charge in [0.1, 0.15) is 0 Å². The lowest BCUT2D eigenvalue weighted by Gasteiger charge is -2.02. The Bertz CT molecular complexity index is 132. The molecule has 7 nitrogen and oxygen atoms in total. The molecule has 0 atom stereocenters. The Morgan fingerprint density at radius 2 is 1.45 bits per heavy atom. The standard InChI is InChI=1S/C4H9N3O4/c5-1-3(8)10-7-11-4(9)2-6/h7H,1-2,5-6H2. The Kier molecular flexibility index (Phi) is 4.99. The van der Waals surface area contributed by atoms with E-state index in [1.165, 1.54) is 0 Å².